The maximum atomic E-state index is 12.3. The number of sulfonamides is 1. The third-order valence-electron chi connectivity index (χ3n) is 2.86. The van der Waals surface area contributed by atoms with Gasteiger partial charge in [0.15, 0.2) is 0 Å². The molecule has 3 nitrogen and oxygen atoms in total. The van der Waals surface area contributed by atoms with Crippen molar-refractivity contribution in [2.75, 3.05) is 13.6 Å². The van der Waals surface area contributed by atoms with Crippen LogP contribution in [0.25, 0.3) is 0 Å². The van der Waals surface area contributed by atoms with Gasteiger partial charge in [-0.2, -0.15) is 0 Å². The third-order valence-corrected chi connectivity index (χ3v) is 5.60. The van der Waals surface area contributed by atoms with Crippen LogP contribution in [0.4, 0.5) is 0 Å². The van der Waals surface area contributed by atoms with Crippen molar-refractivity contribution < 1.29 is 8.42 Å². The van der Waals surface area contributed by atoms with Crippen molar-refractivity contribution >= 4 is 26.0 Å². The molecule has 102 valence electrons. The largest absolute Gasteiger partial charge is 0.242 e. The highest BCUT2D eigenvalue weighted by Crippen LogP contribution is 2.22. The predicted octanol–water partition coefficient (Wildman–Crippen LogP) is 3.42. The summed E-state index contributed by atoms with van der Waals surface area (Å²) in [5, 5.41) is 0. The highest BCUT2D eigenvalue weighted by molar-refractivity contribution is 9.10. The number of benzene rings is 1. The molecule has 0 amide bonds. The first-order valence-electron chi connectivity index (χ1n) is 5.97. The average molecular weight is 334 g/mol. The molecule has 0 unspecified atom stereocenters. The summed E-state index contributed by atoms with van der Waals surface area (Å²) in [7, 11) is -1.73. The van der Waals surface area contributed by atoms with Gasteiger partial charge in [0.05, 0.1) is 4.90 Å². The van der Waals surface area contributed by atoms with E-state index in [1.165, 1.54) is 4.31 Å². The molecule has 1 aromatic carbocycles. The van der Waals surface area contributed by atoms with Gasteiger partial charge in [0.1, 0.15) is 0 Å². The molecule has 0 aromatic heterocycles. The minimum absolute atomic E-state index is 0.356. The second kappa shape index (κ2) is 6.17. The first-order chi connectivity index (χ1) is 8.25. The number of rotatable bonds is 5. The van der Waals surface area contributed by atoms with Gasteiger partial charge in [0.2, 0.25) is 10.0 Å². The zero-order valence-electron chi connectivity index (χ0n) is 11.3. The molecule has 5 heteroatoms. The molecular formula is C13H20BrNO2S. The highest BCUT2D eigenvalue weighted by atomic mass is 79.9. The summed E-state index contributed by atoms with van der Waals surface area (Å²) in [5.41, 5.74) is 0.924. The standard InChI is InChI=1S/C13H20BrNO2S/c1-10(2)7-8-15(4)18(16,17)12-5-6-13(14)11(3)9-12/h5-6,9-10H,7-8H2,1-4H3. The monoisotopic (exact) mass is 333 g/mol. The molecular weight excluding hydrogens is 314 g/mol. The highest BCUT2D eigenvalue weighted by Gasteiger charge is 2.21. The molecule has 0 N–H and O–H groups in total. The minimum Gasteiger partial charge on any atom is -0.207 e. The molecule has 0 spiro atoms. The molecule has 0 saturated heterocycles. The van der Waals surface area contributed by atoms with Crippen molar-refractivity contribution in [1.82, 2.24) is 4.31 Å². The minimum atomic E-state index is -3.36. The van der Waals surface area contributed by atoms with Gasteiger partial charge in [0, 0.05) is 18.1 Å². The summed E-state index contributed by atoms with van der Waals surface area (Å²) >= 11 is 3.37. The zero-order valence-corrected chi connectivity index (χ0v) is 13.7. The topological polar surface area (TPSA) is 37.4 Å². The molecule has 0 heterocycles. The van der Waals surface area contributed by atoms with Gasteiger partial charge >= 0.3 is 0 Å². The SMILES string of the molecule is Cc1cc(S(=O)(=O)N(C)CCC(C)C)ccc1Br. The lowest BCUT2D eigenvalue weighted by molar-refractivity contribution is 0.428. The fourth-order valence-corrected chi connectivity index (χ4v) is 3.04. The Morgan fingerprint density at radius 3 is 2.44 bits per heavy atom. The number of aryl methyl sites for hydroxylation is 1. The van der Waals surface area contributed by atoms with Crippen LogP contribution in [-0.2, 0) is 10.0 Å². The molecule has 18 heavy (non-hydrogen) atoms. The number of nitrogens with zero attached hydrogens (tertiary/aromatic N) is 1. The Balaban J connectivity index is 2.95. The lowest BCUT2D eigenvalue weighted by Gasteiger charge is -2.18. The quantitative estimate of drug-likeness (QED) is 0.827. The van der Waals surface area contributed by atoms with Crippen molar-refractivity contribution in [3.05, 3.63) is 28.2 Å². The second-order valence-electron chi connectivity index (χ2n) is 4.92. The van der Waals surface area contributed by atoms with Crippen LogP contribution < -0.4 is 0 Å². The Labute approximate surface area is 118 Å². The van der Waals surface area contributed by atoms with Crippen LogP contribution in [0.2, 0.25) is 0 Å². The van der Waals surface area contributed by atoms with E-state index in [4.69, 9.17) is 0 Å². The normalized spacial score (nSPS) is 12.4. The summed E-state index contributed by atoms with van der Waals surface area (Å²) < 4.78 is 27.0. The van der Waals surface area contributed by atoms with Gasteiger partial charge in [-0.15, -0.1) is 0 Å². The average Bonchev–Trinajstić information content (AvgIpc) is 2.29. The van der Waals surface area contributed by atoms with E-state index in [0.717, 1.165) is 16.5 Å². The molecule has 0 aliphatic carbocycles. The molecule has 0 atom stereocenters. The summed E-state index contributed by atoms with van der Waals surface area (Å²) in [6.07, 6.45) is 0.866. The van der Waals surface area contributed by atoms with E-state index in [1.807, 2.05) is 6.92 Å². The van der Waals surface area contributed by atoms with Crippen molar-refractivity contribution in [1.29, 1.82) is 0 Å². The smallest absolute Gasteiger partial charge is 0.207 e. The lowest BCUT2D eigenvalue weighted by atomic mass is 10.1. The van der Waals surface area contributed by atoms with Crippen molar-refractivity contribution in [2.24, 2.45) is 5.92 Å². The third kappa shape index (κ3) is 3.80. The van der Waals surface area contributed by atoms with Gasteiger partial charge in [-0.05, 0) is 43.0 Å². The van der Waals surface area contributed by atoms with E-state index >= 15 is 0 Å². The first-order valence-corrected chi connectivity index (χ1v) is 8.21. The Kier molecular flexibility index (Phi) is 5.37. The van der Waals surface area contributed by atoms with E-state index in [2.05, 4.69) is 29.8 Å². The van der Waals surface area contributed by atoms with Crippen molar-refractivity contribution in [2.45, 2.75) is 32.1 Å². The Morgan fingerprint density at radius 2 is 1.94 bits per heavy atom. The van der Waals surface area contributed by atoms with Crippen LogP contribution in [0.3, 0.4) is 0 Å². The van der Waals surface area contributed by atoms with Crippen molar-refractivity contribution in [3.63, 3.8) is 0 Å². The van der Waals surface area contributed by atoms with E-state index in [9.17, 15) is 8.42 Å². The van der Waals surface area contributed by atoms with Crippen LogP contribution in [0.1, 0.15) is 25.8 Å². The molecule has 0 saturated carbocycles. The fraction of sp³-hybridized carbons (Fsp3) is 0.538. The molecule has 1 rings (SSSR count). The summed E-state index contributed by atoms with van der Waals surface area (Å²) in [5.74, 6) is 0.495. The Hall–Kier alpha value is -0.390. The van der Waals surface area contributed by atoms with E-state index < -0.39 is 10.0 Å². The van der Waals surface area contributed by atoms with Gasteiger partial charge < -0.3 is 0 Å². The maximum absolute atomic E-state index is 12.3. The van der Waals surface area contributed by atoms with Gasteiger partial charge in [-0.1, -0.05) is 29.8 Å². The van der Waals surface area contributed by atoms with E-state index in [1.54, 1.807) is 25.2 Å². The van der Waals surface area contributed by atoms with Gasteiger partial charge in [0.25, 0.3) is 0 Å². The summed E-state index contributed by atoms with van der Waals surface area (Å²) in [6, 6.07) is 5.11. The predicted molar refractivity (Wildman–Crippen MR) is 78.1 cm³/mol. The van der Waals surface area contributed by atoms with Crippen LogP contribution >= 0.6 is 15.9 Å². The van der Waals surface area contributed by atoms with Crippen LogP contribution in [0.15, 0.2) is 27.6 Å². The fourth-order valence-electron chi connectivity index (χ4n) is 1.52. The van der Waals surface area contributed by atoms with Crippen LogP contribution in [0, 0.1) is 12.8 Å². The first kappa shape index (κ1) is 15.7. The number of hydrogen-bond donors (Lipinski definition) is 0. The number of hydrogen-bond acceptors (Lipinski definition) is 2. The van der Waals surface area contributed by atoms with Gasteiger partial charge in [-0.25, -0.2) is 12.7 Å². The maximum Gasteiger partial charge on any atom is 0.242 e. The lowest BCUT2D eigenvalue weighted by Crippen LogP contribution is -2.28. The second-order valence-corrected chi connectivity index (χ2v) is 7.82. The van der Waals surface area contributed by atoms with Gasteiger partial charge in [-0.3, -0.25) is 0 Å². The molecule has 0 fully saturated rings. The molecule has 0 radical (unpaired) electrons. The molecule has 0 aliphatic heterocycles. The Morgan fingerprint density at radius 1 is 1.33 bits per heavy atom. The van der Waals surface area contributed by atoms with E-state index in [0.29, 0.717) is 17.4 Å². The van der Waals surface area contributed by atoms with Crippen molar-refractivity contribution in [3.8, 4) is 0 Å². The summed E-state index contributed by atoms with van der Waals surface area (Å²) in [4.78, 5) is 0.356. The Bertz CT molecular complexity index is 512. The van der Waals surface area contributed by atoms with Crippen LogP contribution in [0.5, 0.6) is 0 Å². The van der Waals surface area contributed by atoms with Crippen LogP contribution in [-0.4, -0.2) is 26.3 Å². The molecule has 1 aromatic rings. The zero-order chi connectivity index (χ0) is 13.9. The molecule has 0 aliphatic rings. The molecule has 0 bridgehead atoms. The van der Waals surface area contributed by atoms with E-state index in [-0.39, 0.29) is 0 Å². The summed E-state index contributed by atoms with van der Waals surface area (Å²) in [6.45, 7) is 6.61. The number of halogens is 1.